The molecule has 0 bridgehead atoms. The van der Waals surface area contributed by atoms with Crippen molar-refractivity contribution in [2.24, 2.45) is 0 Å². The third-order valence-electron chi connectivity index (χ3n) is 9.12. The Labute approximate surface area is 283 Å². The van der Waals surface area contributed by atoms with Gasteiger partial charge in [-0.15, -0.1) is 0 Å². The summed E-state index contributed by atoms with van der Waals surface area (Å²) in [6, 6.07) is 16.8. The van der Waals surface area contributed by atoms with E-state index >= 15 is 0 Å². The number of nitrogens with zero attached hydrogens (tertiary/aromatic N) is 4. The predicted octanol–water partition coefficient (Wildman–Crippen LogP) is 8.71. The van der Waals surface area contributed by atoms with Gasteiger partial charge in [-0.05, 0) is 89.5 Å². The summed E-state index contributed by atoms with van der Waals surface area (Å²) in [4.78, 5) is 45.4. The van der Waals surface area contributed by atoms with Gasteiger partial charge in [0.2, 0.25) is 0 Å². The molecule has 6 rings (SSSR count). The van der Waals surface area contributed by atoms with Gasteiger partial charge < -0.3 is 24.3 Å². The minimum Gasteiger partial charge on any atom is -0.444 e. The van der Waals surface area contributed by atoms with Crippen molar-refractivity contribution >= 4 is 12.2 Å². The molecule has 48 heavy (non-hydrogen) atoms. The number of ether oxygens (including phenoxy) is 2. The minimum absolute atomic E-state index is 0.0483. The second kappa shape index (κ2) is 13.1. The highest BCUT2D eigenvalue weighted by molar-refractivity contribution is 5.72. The molecule has 3 atom stereocenters. The predicted molar refractivity (Wildman–Crippen MR) is 186 cm³/mol. The third-order valence-corrected chi connectivity index (χ3v) is 9.12. The SMILES string of the molecule is CN(C(=O)OC(C)(C)C)[C@H]1CCC[C@@H]1c1ncc(-c2ccc(-c3ccc(-c4cnc([C@@H]5CCCN5C(=O)OC(C)(C)C)[nH]4)cc3)cc2)[nH]1. The number of rotatable bonds is 6. The van der Waals surface area contributed by atoms with Crippen molar-refractivity contribution in [3.8, 4) is 33.6 Å². The zero-order valence-electron chi connectivity index (χ0n) is 29.2. The number of hydrogen-bond acceptors (Lipinski definition) is 6. The largest absolute Gasteiger partial charge is 0.444 e. The first-order valence-corrected chi connectivity index (χ1v) is 17.0. The monoisotopic (exact) mass is 652 g/mol. The van der Waals surface area contributed by atoms with E-state index < -0.39 is 11.2 Å². The van der Waals surface area contributed by atoms with Gasteiger partial charge in [0, 0.05) is 25.6 Å². The van der Waals surface area contributed by atoms with Gasteiger partial charge >= 0.3 is 12.2 Å². The van der Waals surface area contributed by atoms with Crippen molar-refractivity contribution in [2.75, 3.05) is 13.6 Å². The number of imidazole rings is 2. The van der Waals surface area contributed by atoms with Crippen LogP contribution in [-0.2, 0) is 9.47 Å². The number of H-pyrrole nitrogens is 2. The first-order valence-electron chi connectivity index (χ1n) is 17.0. The van der Waals surface area contributed by atoms with Gasteiger partial charge in [0.25, 0.3) is 0 Å². The van der Waals surface area contributed by atoms with Crippen LogP contribution >= 0.6 is 0 Å². The van der Waals surface area contributed by atoms with Crippen LogP contribution in [0.5, 0.6) is 0 Å². The van der Waals surface area contributed by atoms with Crippen LogP contribution in [0.1, 0.15) is 97.3 Å². The van der Waals surface area contributed by atoms with Gasteiger partial charge in [-0.3, -0.25) is 4.90 Å². The number of hydrogen-bond donors (Lipinski definition) is 2. The number of carbonyl (C=O) groups excluding carboxylic acids is 2. The van der Waals surface area contributed by atoms with E-state index in [1.165, 1.54) is 0 Å². The van der Waals surface area contributed by atoms with E-state index in [4.69, 9.17) is 14.5 Å². The highest BCUT2D eigenvalue weighted by Gasteiger charge is 2.37. The van der Waals surface area contributed by atoms with Crippen LogP contribution in [0.25, 0.3) is 33.6 Å². The number of likely N-dealkylation sites (N-methyl/N-ethyl adjacent to an activating group) is 1. The quantitative estimate of drug-likeness (QED) is 0.215. The topological polar surface area (TPSA) is 116 Å². The lowest BCUT2D eigenvalue weighted by atomic mass is 10.0. The molecule has 1 aliphatic heterocycles. The maximum absolute atomic E-state index is 12.8. The second-order valence-electron chi connectivity index (χ2n) is 15.0. The van der Waals surface area contributed by atoms with Crippen LogP contribution < -0.4 is 0 Å². The summed E-state index contributed by atoms with van der Waals surface area (Å²) in [5, 5.41) is 0. The van der Waals surface area contributed by atoms with E-state index in [9.17, 15) is 9.59 Å². The maximum atomic E-state index is 12.8. The van der Waals surface area contributed by atoms with E-state index in [2.05, 4.69) is 63.5 Å². The Morgan fingerprint density at radius 1 is 0.729 bits per heavy atom. The summed E-state index contributed by atoms with van der Waals surface area (Å²) in [5.41, 5.74) is 5.12. The highest BCUT2D eigenvalue weighted by Crippen LogP contribution is 2.38. The standard InChI is InChI=1S/C38H48N6O4/c1-37(2,3)47-35(45)43(7)31-11-8-10-28(31)33-39-22-29(41-33)26-17-13-24(14-18-26)25-15-19-27(20-16-25)30-23-40-34(42-30)32-12-9-21-44(32)36(46)48-38(4,5)6/h13-20,22-23,28,31-32H,8-12,21H2,1-7H3,(H,39,41)(H,40,42)/t28-,31-,32-/m0/s1. The lowest BCUT2D eigenvalue weighted by molar-refractivity contribution is 0.0204. The smallest absolute Gasteiger partial charge is 0.410 e. The molecule has 3 heterocycles. The van der Waals surface area contributed by atoms with E-state index in [0.717, 1.165) is 77.4 Å². The first-order chi connectivity index (χ1) is 22.8. The van der Waals surface area contributed by atoms with Crippen LogP contribution in [0.3, 0.4) is 0 Å². The van der Waals surface area contributed by atoms with Crippen LogP contribution in [-0.4, -0.2) is 72.8 Å². The van der Waals surface area contributed by atoms with Crippen molar-refractivity contribution in [3.05, 3.63) is 72.6 Å². The summed E-state index contributed by atoms with van der Waals surface area (Å²) in [6.45, 7) is 12.0. The number of aromatic amines is 2. The van der Waals surface area contributed by atoms with Crippen molar-refractivity contribution in [1.82, 2.24) is 29.7 Å². The molecule has 2 aromatic carbocycles. The molecule has 0 radical (unpaired) electrons. The van der Waals surface area contributed by atoms with Gasteiger partial charge in [-0.25, -0.2) is 19.6 Å². The van der Waals surface area contributed by atoms with Gasteiger partial charge in [-0.1, -0.05) is 55.0 Å². The molecule has 0 unspecified atom stereocenters. The van der Waals surface area contributed by atoms with E-state index in [1.807, 2.05) is 61.0 Å². The fourth-order valence-electron chi connectivity index (χ4n) is 6.79. The molecule has 10 nitrogen and oxygen atoms in total. The molecular weight excluding hydrogens is 604 g/mol. The molecular formula is C38H48N6O4. The Morgan fingerprint density at radius 3 is 1.81 bits per heavy atom. The van der Waals surface area contributed by atoms with Crippen molar-refractivity contribution in [1.29, 1.82) is 0 Å². The number of likely N-dealkylation sites (tertiary alicyclic amines) is 1. The third kappa shape index (κ3) is 7.42. The van der Waals surface area contributed by atoms with Crippen LogP contribution in [0, 0.1) is 0 Å². The molecule has 1 saturated heterocycles. The average Bonchev–Trinajstić information content (AvgIpc) is 3.85. The van der Waals surface area contributed by atoms with Crippen molar-refractivity contribution in [3.63, 3.8) is 0 Å². The Kier molecular flexibility index (Phi) is 9.11. The lowest BCUT2D eigenvalue weighted by Crippen LogP contribution is -2.42. The molecule has 2 amide bonds. The summed E-state index contributed by atoms with van der Waals surface area (Å²) in [5.74, 6) is 1.84. The molecule has 2 aliphatic rings. The summed E-state index contributed by atoms with van der Waals surface area (Å²) < 4.78 is 11.3. The lowest BCUT2D eigenvalue weighted by Gasteiger charge is -2.31. The molecule has 2 aromatic heterocycles. The van der Waals surface area contributed by atoms with E-state index in [0.29, 0.717) is 6.54 Å². The normalized spacial score (nSPS) is 19.8. The van der Waals surface area contributed by atoms with Crippen LogP contribution in [0.4, 0.5) is 9.59 Å². The fourth-order valence-corrected chi connectivity index (χ4v) is 6.79. The molecule has 4 aromatic rings. The van der Waals surface area contributed by atoms with Crippen molar-refractivity contribution < 1.29 is 19.1 Å². The zero-order valence-corrected chi connectivity index (χ0v) is 29.2. The highest BCUT2D eigenvalue weighted by atomic mass is 16.6. The van der Waals surface area contributed by atoms with Crippen molar-refractivity contribution in [2.45, 2.75) is 103 Å². The Morgan fingerprint density at radius 2 is 1.25 bits per heavy atom. The van der Waals surface area contributed by atoms with Gasteiger partial charge in [-0.2, -0.15) is 0 Å². The molecule has 0 spiro atoms. The summed E-state index contributed by atoms with van der Waals surface area (Å²) >= 11 is 0. The number of benzene rings is 2. The Bertz CT molecular complexity index is 1730. The van der Waals surface area contributed by atoms with Crippen LogP contribution in [0.15, 0.2) is 60.9 Å². The number of aromatic nitrogens is 4. The average molecular weight is 653 g/mol. The Hall–Kier alpha value is -4.60. The minimum atomic E-state index is -0.536. The summed E-state index contributed by atoms with van der Waals surface area (Å²) in [6.07, 6.45) is 7.86. The molecule has 1 aliphatic carbocycles. The summed E-state index contributed by atoms with van der Waals surface area (Å²) in [7, 11) is 1.83. The van der Waals surface area contributed by atoms with E-state index in [-0.39, 0.29) is 30.2 Å². The number of nitrogens with one attached hydrogen (secondary N) is 2. The zero-order chi connectivity index (χ0) is 34.2. The molecule has 2 N–H and O–H groups in total. The molecule has 2 fully saturated rings. The number of carbonyl (C=O) groups is 2. The molecule has 1 saturated carbocycles. The second-order valence-corrected chi connectivity index (χ2v) is 15.0. The van der Waals surface area contributed by atoms with Gasteiger partial charge in [0.15, 0.2) is 0 Å². The molecule has 254 valence electrons. The number of amides is 2. The molecule has 10 heteroatoms. The van der Waals surface area contributed by atoms with E-state index in [1.54, 1.807) is 9.80 Å². The van der Waals surface area contributed by atoms with Crippen LogP contribution in [0.2, 0.25) is 0 Å². The van der Waals surface area contributed by atoms with Gasteiger partial charge in [0.1, 0.15) is 22.9 Å². The maximum Gasteiger partial charge on any atom is 0.410 e. The fraction of sp³-hybridized carbons (Fsp3) is 0.474. The van der Waals surface area contributed by atoms with Gasteiger partial charge in [0.05, 0.1) is 29.8 Å². The first kappa shape index (κ1) is 33.3. The Balaban J connectivity index is 1.10.